The largest absolute Gasteiger partial charge is 0.388 e. The molecule has 2 unspecified atom stereocenters. The van der Waals surface area contributed by atoms with Gasteiger partial charge >= 0.3 is 0 Å². The van der Waals surface area contributed by atoms with Crippen molar-refractivity contribution in [1.82, 2.24) is 0 Å². The molecule has 1 N–H and O–H groups in total. The van der Waals surface area contributed by atoms with Crippen molar-refractivity contribution in [1.29, 1.82) is 0 Å². The van der Waals surface area contributed by atoms with Crippen LogP contribution < -0.4 is 0 Å². The number of aliphatic hydroxyl groups excluding tert-OH is 1. The van der Waals surface area contributed by atoms with Crippen LogP contribution in [-0.4, -0.2) is 18.8 Å². The lowest BCUT2D eigenvalue weighted by Gasteiger charge is -2.19. The first-order valence-corrected chi connectivity index (χ1v) is 6.20. The van der Waals surface area contributed by atoms with Crippen LogP contribution in [0.5, 0.6) is 0 Å². The van der Waals surface area contributed by atoms with Crippen LogP contribution in [0, 0.1) is 26.7 Å². The molecule has 2 atom stereocenters. The molecular weight excluding hydrogens is 212 g/mol. The molecule has 0 spiro atoms. The SMILES string of the molecule is COCC(C)CC(O)c1cc(C)c(C)cc1C. The fourth-order valence-corrected chi connectivity index (χ4v) is 2.20. The average molecular weight is 236 g/mol. The molecule has 0 aliphatic heterocycles. The second kappa shape index (κ2) is 6.18. The molecule has 0 heterocycles. The van der Waals surface area contributed by atoms with Crippen molar-refractivity contribution in [3.8, 4) is 0 Å². The Morgan fingerprint density at radius 1 is 1.12 bits per heavy atom. The molecule has 0 saturated carbocycles. The molecule has 0 aliphatic rings. The Morgan fingerprint density at radius 2 is 1.71 bits per heavy atom. The van der Waals surface area contributed by atoms with Crippen LogP contribution in [0.2, 0.25) is 0 Å². The lowest BCUT2D eigenvalue weighted by Crippen LogP contribution is -2.10. The van der Waals surface area contributed by atoms with Gasteiger partial charge in [0.1, 0.15) is 0 Å². The minimum absolute atomic E-state index is 0.371. The van der Waals surface area contributed by atoms with Crippen LogP contribution in [0.4, 0.5) is 0 Å². The highest BCUT2D eigenvalue weighted by Gasteiger charge is 2.15. The quantitative estimate of drug-likeness (QED) is 0.850. The third-order valence-corrected chi connectivity index (χ3v) is 3.32. The molecule has 96 valence electrons. The maximum Gasteiger partial charge on any atom is 0.0796 e. The van der Waals surface area contributed by atoms with Crippen LogP contribution in [0.1, 0.15) is 41.7 Å². The number of aliphatic hydroxyl groups is 1. The van der Waals surface area contributed by atoms with E-state index in [1.165, 1.54) is 16.7 Å². The molecule has 0 saturated heterocycles. The van der Waals surface area contributed by atoms with Gasteiger partial charge in [-0.15, -0.1) is 0 Å². The Balaban J connectivity index is 2.81. The van der Waals surface area contributed by atoms with Crippen molar-refractivity contribution in [2.75, 3.05) is 13.7 Å². The summed E-state index contributed by atoms with van der Waals surface area (Å²) in [6, 6.07) is 4.25. The summed E-state index contributed by atoms with van der Waals surface area (Å²) >= 11 is 0. The van der Waals surface area contributed by atoms with Crippen molar-refractivity contribution >= 4 is 0 Å². The number of hydrogen-bond donors (Lipinski definition) is 1. The molecular formula is C15H24O2. The van der Waals surface area contributed by atoms with Crippen LogP contribution in [0.15, 0.2) is 12.1 Å². The lowest BCUT2D eigenvalue weighted by atomic mass is 9.92. The van der Waals surface area contributed by atoms with E-state index in [9.17, 15) is 5.11 Å². The van der Waals surface area contributed by atoms with E-state index in [2.05, 4.69) is 39.8 Å². The van der Waals surface area contributed by atoms with E-state index in [-0.39, 0.29) is 6.10 Å². The molecule has 17 heavy (non-hydrogen) atoms. The number of aryl methyl sites for hydroxylation is 3. The fourth-order valence-electron chi connectivity index (χ4n) is 2.20. The molecule has 0 bridgehead atoms. The Bertz CT molecular complexity index is 371. The maximum absolute atomic E-state index is 10.3. The molecule has 0 aromatic heterocycles. The maximum atomic E-state index is 10.3. The summed E-state index contributed by atoms with van der Waals surface area (Å²) in [6.45, 7) is 9.05. The molecule has 0 fully saturated rings. The first-order chi connectivity index (χ1) is 7.95. The molecule has 1 aromatic rings. The van der Waals surface area contributed by atoms with Gasteiger partial charge in [-0.05, 0) is 55.4 Å². The highest BCUT2D eigenvalue weighted by molar-refractivity contribution is 5.37. The molecule has 0 aliphatic carbocycles. The van der Waals surface area contributed by atoms with Gasteiger partial charge in [-0.3, -0.25) is 0 Å². The Hall–Kier alpha value is -0.860. The fraction of sp³-hybridized carbons (Fsp3) is 0.600. The third kappa shape index (κ3) is 3.83. The van der Waals surface area contributed by atoms with Gasteiger partial charge in [0.05, 0.1) is 6.10 Å². The number of hydrogen-bond acceptors (Lipinski definition) is 2. The smallest absolute Gasteiger partial charge is 0.0796 e. The molecule has 2 heteroatoms. The lowest BCUT2D eigenvalue weighted by molar-refractivity contribution is 0.101. The summed E-state index contributed by atoms with van der Waals surface area (Å²) in [5, 5.41) is 10.3. The van der Waals surface area contributed by atoms with Gasteiger partial charge in [-0.2, -0.15) is 0 Å². The first kappa shape index (κ1) is 14.2. The van der Waals surface area contributed by atoms with Crippen molar-refractivity contribution in [3.05, 3.63) is 34.4 Å². The zero-order valence-electron chi connectivity index (χ0n) is 11.6. The Morgan fingerprint density at radius 3 is 2.29 bits per heavy atom. The standard InChI is InChI=1S/C15H24O2/c1-10(9-17-5)6-15(16)14-8-12(3)11(2)7-13(14)4/h7-8,10,15-16H,6,9H2,1-5H3. The Kier molecular flexibility index (Phi) is 5.16. The predicted molar refractivity (Wildman–Crippen MR) is 71.3 cm³/mol. The summed E-state index contributed by atoms with van der Waals surface area (Å²) in [4.78, 5) is 0. The van der Waals surface area contributed by atoms with E-state index in [1.54, 1.807) is 7.11 Å². The van der Waals surface area contributed by atoms with Gasteiger partial charge in [0.2, 0.25) is 0 Å². The minimum Gasteiger partial charge on any atom is -0.388 e. The zero-order valence-corrected chi connectivity index (χ0v) is 11.6. The van der Waals surface area contributed by atoms with Crippen LogP contribution in [0.3, 0.4) is 0 Å². The summed E-state index contributed by atoms with van der Waals surface area (Å²) in [7, 11) is 1.70. The number of ether oxygens (including phenoxy) is 1. The summed E-state index contributed by atoms with van der Waals surface area (Å²) < 4.78 is 5.10. The van der Waals surface area contributed by atoms with Crippen molar-refractivity contribution < 1.29 is 9.84 Å². The van der Waals surface area contributed by atoms with Gasteiger partial charge in [0.25, 0.3) is 0 Å². The highest BCUT2D eigenvalue weighted by atomic mass is 16.5. The average Bonchev–Trinajstić information content (AvgIpc) is 2.23. The molecule has 0 amide bonds. The van der Waals surface area contributed by atoms with E-state index < -0.39 is 0 Å². The van der Waals surface area contributed by atoms with E-state index >= 15 is 0 Å². The van der Waals surface area contributed by atoms with Crippen molar-refractivity contribution in [2.45, 2.75) is 40.2 Å². The van der Waals surface area contributed by atoms with Crippen molar-refractivity contribution in [3.63, 3.8) is 0 Å². The molecule has 1 rings (SSSR count). The Labute approximate surface area is 105 Å². The van der Waals surface area contributed by atoms with Gasteiger partial charge in [0, 0.05) is 13.7 Å². The van der Waals surface area contributed by atoms with E-state index in [1.807, 2.05) is 0 Å². The summed E-state index contributed by atoms with van der Waals surface area (Å²) in [6.07, 6.45) is 0.358. The van der Waals surface area contributed by atoms with Crippen molar-refractivity contribution in [2.24, 2.45) is 5.92 Å². The monoisotopic (exact) mass is 236 g/mol. The third-order valence-electron chi connectivity index (χ3n) is 3.32. The van der Waals surface area contributed by atoms with Gasteiger partial charge in [0.15, 0.2) is 0 Å². The van der Waals surface area contributed by atoms with E-state index in [0.29, 0.717) is 12.5 Å². The van der Waals surface area contributed by atoms with Crippen LogP contribution >= 0.6 is 0 Å². The number of methoxy groups -OCH3 is 1. The second-order valence-electron chi connectivity index (χ2n) is 5.11. The second-order valence-corrected chi connectivity index (χ2v) is 5.11. The van der Waals surface area contributed by atoms with Gasteiger partial charge < -0.3 is 9.84 Å². The molecule has 2 nitrogen and oxygen atoms in total. The number of rotatable bonds is 5. The number of benzene rings is 1. The van der Waals surface area contributed by atoms with Gasteiger partial charge in [-0.1, -0.05) is 19.1 Å². The summed E-state index contributed by atoms with van der Waals surface area (Å²) in [5.74, 6) is 0.371. The van der Waals surface area contributed by atoms with Crippen LogP contribution in [-0.2, 0) is 4.74 Å². The summed E-state index contributed by atoms with van der Waals surface area (Å²) in [5.41, 5.74) is 4.74. The van der Waals surface area contributed by atoms with Gasteiger partial charge in [-0.25, -0.2) is 0 Å². The first-order valence-electron chi connectivity index (χ1n) is 6.20. The predicted octanol–water partition coefficient (Wildman–Crippen LogP) is 3.32. The van der Waals surface area contributed by atoms with E-state index in [4.69, 9.17) is 4.74 Å². The highest BCUT2D eigenvalue weighted by Crippen LogP contribution is 2.26. The molecule has 0 radical (unpaired) electrons. The minimum atomic E-state index is -0.389. The molecule has 1 aromatic carbocycles. The topological polar surface area (TPSA) is 29.5 Å². The normalized spacial score (nSPS) is 14.7. The zero-order chi connectivity index (χ0) is 13.0. The van der Waals surface area contributed by atoms with E-state index in [0.717, 1.165) is 12.0 Å². The van der Waals surface area contributed by atoms with Crippen LogP contribution in [0.25, 0.3) is 0 Å².